The molecule has 148 valence electrons. The van der Waals surface area contributed by atoms with Crippen LogP contribution in [0.4, 0.5) is 11.6 Å². The molecule has 0 saturated carbocycles. The van der Waals surface area contributed by atoms with Crippen LogP contribution in [-0.2, 0) is 0 Å². The van der Waals surface area contributed by atoms with Crippen LogP contribution >= 0.6 is 45.2 Å². The minimum atomic E-state index is 0.583. The van der Waals surface area contributed by atoms with Crippen LogP contribution < -0.4 is 10.9 Å². The van der Waals surface area contributed by atoms with E-state index in [2.05, 4.69) is 76.4 Å². The summed E-state index contributed by atoms with van der Waals surface area (Å²) in [6, 6.07) is 24.0. The van der Waals surface area contributed by atoms with E-state index in [0.717, 1.165) is 29.0 Å². The number of hydrogen-bond acceptors (Lipinski definition) is 6. The van der Waals surface area contributed by atoms with Crippen molar-refractivity contribution in [3.8, 4) is 0 Å². The van der Waals surface area contributed by atoms with Gasteiger partial charge in [0.15, 0.2) is 11.6 Å². The molecule has 4 rings (SSSR count). The molecule has 0 aliphatic carbocycles. The van der Waals surface area contributed by atoms with E-state index in [1.807, 2.05) is 72.8 Å². The highest BCUT2D eigenvalue weighted by Crippen LogP contribution is 2.25. The molecule has 0 saturated heterocycles. The molecule has 4 aromatic rings. The summed E-state index contributed by atoms with van der Waals surface area (Å²) in [6.07, 6.45) is 3.52. The Hall–Kier alpha value is -2.60. The summed E-state index contributed by atoms with van der Waals surface area (Å²) in [5.41, 5.74) is 8.01. The second-order valence-corrected chi connectivity index (χ2v) is 8.78. The van der Waals surface area contributed by atoms with Gasteiger partial charge in [0.05, 0.1) is 12.4 Å². The second kappa shape index (κ2) is 9.94. The molecule has 0 aliphatic rings. The number of halogens is 2. The monoisotopic (exact) mass is 618 g/mol. The molecule has 1 heterocycles. The molecular weight excluding hydrogens is 602 g/mol. The van der Waals surface area contributed by atoms with Gasteiger partial charge in [-0.05, 0) is 80.6 Å². The van der Waals surface area contributed by atoms with Crippen LogP contribution in [0.1, 0.15) is 11.1 Å². The van der Waals surface area contributed by atoms with E-state index in [1.54, 1.807) is 12.4 Å². The molecule has 0 amide bonds. The van der Waals surface area contributed by atoms with Gasteiger partial charge >= 0.3 is 0 Å². The Morgan fingerprint density at radius 3 is 1.53 bits per heavy atom. The third kappa shape index (κ3) is 5.30. The number of fused-ring (bicyclic) bond motifs is 1. The maximum absolute atomic E-state index is 4.31. The van der Waals surface area contributed by atoms with Crippen LogP contribution in [0.25, 0.3) is 10.8 Å². The van der Waals surface area contributed by atoms with Crippen LogP contribution in [0, 0.1) is 7.14 Å². The Balaban J connectivity index is 1.54. The van der Waals surface area contributed by atoms with Gasteiger partial charge in [0.2, 0.25) is 0 Å². The fourth-order valence-electron chi connectivity index (χ4n) is 2.78. The molecule has 3 aromatic carbocycles. The highest BCUT2D eigenvalue weighted by molar-refractivity contribution is 14.1. The lowest BCUT2D eigenvalue weighted by atomic mass is 10.2. The van der Waals surface area contributed by atoms with Gasteiger partial charge in [0, 0.05) is 17.9 Å². The third-order valence-corrected chi connectivity index (χ3v) is 5.49. The first-order chi connectivity index (χ1) is 14.7. The van der Waals surface area contributed by atoms with Crippen LogP contribution in [-0.4, -0.2) is 22.6 Å². The predicted molar refractivity (Wildman–Crippen MR) is 140 cm³/mol. The molecule has 6 nitrogen and oxygen atoms in total. The zero-order valence-corrected chi connectivity index (χ0v) is 19.9. The molecule has 30 heavy (non-hydrogen) atoms. The Morgan fingerprint density at radius 1 is 0.633 bits per heavy atom. The van der Waals surface area contributed by atoms with E-state index in [0.29, 0.717) is 11.6 Å². The molecule has 8 heteroatoms. The molecule has 2 N–H and O–H groups in total. The zero-order valence-electron chi connectivity index (χ0n) is 15.6. The SMILES string of the molecule is Ic1cccc(C=NNc2nnc(NN=Cc3cccc(I)c3)c3ccccc23)c1. The minimum Gasteiger partial charge on any atom is -0.259 e. The van der Waals surface area contributed by atoms with Crippen LogP contribution in [0.5, 0.6) is 0 Å². The van der Waals surface area contributed by atoms with E-state index < -0.39 is 0 Å². The summed E-state index contributed by atoms with van der Waals surface area (Å²) in [4.78, 5) is 0. The summed E-state index contributed by atoms with van der Waals surface area (Å²) >= 11 is 4.55. The molecule has 0 bridgehead atoms. The molecular formula is C22H16I2N6. The lowest BCUT2D eigenvalue weighted by Gasteiger charge is -2.08. The Morgan fingerprint density at radius 2 is 1.10 bits per heavy atom. The van der Waals surface area contributed by atoms with Crippen molar-refractivity contribution in [2.75, 3.05) is 10.9 Å². The van der Waals surface area contributed by atoms with Crippen molar-refractivity contribution in [2.45, 2.75) is 0 Å². The van der Waals surface area contributed by atoms with E-state index in [4.69, 9.17) is 0 Å². The molecule has 0 fully saturated rings. The number of nitrogens with zero attached hydrogens (tertiary/aromatic N) is 4. The van der Waals surface area contributed by atoms with E-state index in [1.165, 1.54) is 0 Å². The topological polar surface area (TPSA) is 74.6 Å². The maximum Gasteiger partial charge on any atom is 0.176 e. The molecule has 0 aliphatic heterocycles. The number of benzene rings is 3. The van der Waals surface area contributed by atoms with Gasteiger partial charge in [-0.1, -0.05) is 48.5 Å². The summed E-state index contributed by atoms with van der Waals surface area (Å²) in [7, 11) is 0. The van der Waals surface area contributed by atoms with Crippen molar-refractivity contribution < 1.29 is 0 Å². The number of nitrogens with one attached hydrogen (secondary N) is 2. The van der Waals surface area contributed by atoms with Crippen molar-refractivity contribution in [1.29, 1.82) is 0 Å². The third-order valence-electron chi connectivity index (χ3n) is 4.15. The minimum absolute atomic E-state index is 0.583. The summed E-state index contributed by atoms with van der Waals surface area (Å²) in [5, 5.41) is 19.0. The fourth-order valence-corrected chi connectivity index (χ4v) is 3.91. The number of hydrogen-bond donors (Lipinski definition) is 2. The summed E-state index contributed by atoms with van der Waals surface area (Å²) in [6.45, 7) is 0. The van der Waals surface area contributed by atoms with Crippen molar-refractivity contribution in [3.05, 3.63) is 91.1 Å². The van der Waals surface area contributed by atoms with Crippen molar-refractivity contribution in [1.82, 2.24) is 10.2 Å². The highest BCUT2D eigenvalue weighted by atomic mass is 127. The first kappa shape index (κ1) is 20.7. The van der Waals surface area contributed by atoms with E-state index in [-0.39, 0.29) is 0 Å². The lowest BCUT2D eigenvalue weighted by molar-refractivity contribution is 1.03. The van der Waals surface area contributed by atoms with Crippen LogP contribution in [0.15, 0.2) is 83.0 Å². The normalized spacial score (nSPS) is 11.4. The Bertz CT molecular complexity index is 1140. The van der Waals surface area contributed by atoms with Gasteiger partial charge in [0.25, 0.3) is 0 Å². The highest BCUT2D eigenvalue weighted by Gasteiger charge is 2.07. The quantitative estimate of drug-likeness (QED) is 0.165. The summed E-state index contributed by atoms with van der Waals surface area (Å²) in [5.74, 6) is 1.17. The molecule has 0 unspecified atom stereocenters. The van der Waals surface area contributed by atoms with Gasteiger partial charge in [0.1, 0.15) is 0 Å². The molecule has 1 aromatic heterocycles. The largest absolute Gasteiger partial charge is 0.259 e. The number of rotatable bonds is 6. The number of hydrazone groups is 2. The van der Waals surface area contributed by atoms with E-state index >= 15 is 0 Å². The smallest absolute Gasteiger partial charge is 0.176 e. The average Bonchev–Trinajstić information content (AvgIpc) is 2.75. The van der Waals surface area contributed by atoms with Crippen molar-refractivity contribution in [2.24, 2.45) is 10.2 Å². The van der Waals surface area contributed by atoms with Crippen molar-refractivity contribution >= 4 is 80.0 Å². The average molecular weight is 618 g/mol. The number of anilines is 2. The molecule has 0 spiro atoms. The van der Waals surface area contributed by atoms with Gasteiger partial charge in [-0.3, -0.25) is 10.9 Å². The number of aromatic nitrogens is 2. The maximum atomic E-state index is 4.31. The van der Waals surface area contributed by atoms with Gasteiger partial charge in [-0.25, -0.2) is 0 Å². The van der Waals surface area contributed by atoms with Gasteiger partial charge in [-0.2, -0.15) is 10.2 Å². The molecule has 0 radical (unpaired) electrons. The zero-order chi connectivity index (χ0) is 20.8. The predicted octanol–water partition coefficient (Wildman–Crippen LogP) is 5.73. The lowest BCUT2D eigenvalue weighted by Crippen LogP contribution is -2.01. The first-order valence-corrected chi connectivity index (χ1v) is 11.2. The Kier molecular flexibility index (Phi) is 6.84. The van der Waals surface area contributed by atoms with Crippen molar-refractivity contribution in [3.63, 3.8) is 0 Å². The van der Waals surface area contributed by atoms with Crippen LogP contribution in [0.3, 0.4) is 0 Å². The van der Waals surface area contributed by atoms with Gasteiger partial charge < -0.3 is 0 Å². The standard InChI is InChI=1S/C22H16I2N6/c23-17-7-3-5-15(11-17)13-25-27-21-19-9-1-2-10-20(19)22(30-29-21)28-26-14-16-6-4-8-18(24)12-16/h1-14H,(H,27,29)(H,28,30). The summed E-state index contributed by atoms with van der Waals surface area (Å²) < 4.78 is 2.31. The van der Waals surface area contributed by atoms with E-state index in [9.17, 15) is 0 Å². The Labute approximate surface area is 201 Å². The fraction of sp³-hybridized carbons (Fsp3) is 0. The second-order valence-electron chi connectivity index (χ2n) is 6.29. The van der Waals surface area contributed by atoms with Gasteiger partial charge in [-0.15, -0.1) is 10.2 Å². The van der Waals surface area contributed by atoms with Crippen LogP contribution in [0.2, 0.25) is 0 Å². The first-order valence-electron chi connectivity index (χ1n) is 9.04. The molecule has 0 atom stereocenters.